The number of carbonyl (C=O) groups is 1. The van der Waals surface area contributed by atoms with Gasteiger partial charge in [0.25, 0.3) is 0 Å². The number of nitrogens with zero attached hydrogens (tertiary/aromatic N) is 1. The number of quaternary nitrogens is 1. The van der Waals surface area contributed by atoms with Gasteiger partial charge in [-0.2, -0.15) is 11.8 Å². The molecular formula is C14H32NO5SSi+. The zero-order valence-electron chi connectivity index (χ0n) is 14.8. The average Bonchev–Trinajstić information content (AvgIpc) is 2.46. The van der Waals surface area contributed by atoms with E-state index in [1.54, 1.807) is 33.1 Å². The van der Waals surface area contributed by atoms with Gasteiger partial charge in [0.15, 0.2) is 0 Å². The van der Waals surface area contributed by atoms with E-state index in [1.165, 1.54) is 0 Å². The minimum Gasteiger partial charge on any atom is -0.460 e. The summed E-state index contributed by atoms with van der Waals surface area (Å²) in [5.41, 5.74) is 0. The van der Waals surface area contributed by atoms with E-state index in [0.717, 1.165) is 35.0 Å². The maximum atomic E-state index is 11.6. The molecular weight excluding hydrogens is 322 g/mol. The highest BCUT2D eigenvalue weighted by molar-refractivity contribution is 7.99. The van der Waals surface area contributed by atoms with Crippen LogP contribution in [0.3, 0.4) is 0 Å². The Labute approximate surface area is 140 Å². The second-order valence-corrected chi connectivity index (χ2v) is 10.3. The van der Waals surface area contributed by atoms with E-state index in [1.807, 2.05) is 0 Å². The van der Waals surface area contributed by atoms with Gasteiger partial charge in [-0.15, -0.1) is 0 Å². The van der Waals surface area contributed by atoms with Crippen molar-refractivity contribution >= 4 is 26.5 Å². The van der Waals surface area contributed by atoms with Crippen LogP contribution in [-0.2, 0) is 22.8 Å². The first-order valence-electron chi connectivity index (χ1n) is 7.48. The lowest BCUT2D eigenvalue weighted by Gasteiger charge is -2.24. The smallest absolute Gasteiger partial charge is 0.460 e. The van der Waals surface area contributed by atoms with Crippen LogP contribution in [0.2, 0.25) is 6.04 Å². The van der Waals surface area contributed by atoms with E-state index < -0.39 is 8.80 Å². The Morgan fingerprint density at radius 3 is 2.14 bits per heavy atom. The first-order chi connectivity index (χ1) is 10.3. The fourth-order valence-electron chi connectivity index (χ4n) is 1.71. The lowest BCUT2D eigenvalue weighted by atomic mass is 10.5. The van der Waals surface area contributed by atoms with Crippen molar-refractivity contribution in [1.29, 1.82) is 0 Å². The molecule has 0 unspecified atom stereocenters. The monoisotopic (exact) mass is 354 g/mol. The Kier molecular flexibility index (Phi) is 11.4. The molecule has 0 rings (SSSR count). The third-order valence-electron chi connectivity index (χ3n) is 3.18. The van der Waals surface area contributed by atoms with E-state index >= 15 is 0 Å². The molecule has 0 radical (unpaired) electrons. The van der Waals surface area contributed by atoms with Crippen LogP contribution in [0.15, 0.2) is 0 Å². The zero-order chi connectivity index (χ0) is 17.1. The highest BCUT2D eigenvalue weighted by Crippen LogP contribution is 2.17. The van der Waals surface area contributed by atoms with Crippen molar-refractivity contribution in [2.45, 2.75) is 18.9 Å². The molecule has 0 bridgehead atoms. The van der Waals surface area contributed by atoms with Crippen LogP contribution in [-0.4, -0.2) is 86.4 Å². The molecule has 0 fully saturated rings. The van der Waals surface area contributed by atoms with Crippen molar-refractivity contribution in [3.63, 3.8) is 0 Å². The van der Waals surface area contributed by atoms with Gasteiger partial charge in [-0.1, -0.05) is 0 Å². The van der Waals surface area contributed by atoms with E-state index in [4.69, 9.17) is 18.0 Å². The molecule has 6 nitrogen and oxygen atoms in total. The fraction of sp³-hybridized carbons (Fsp3) is 0.929. The predicted molar refractivity (Wildman–Crippen MR) is 92.0 cm³/mol. The number of carbonyl (C=O) groups excluding carboxylic acids is 1. The summed E-state index contributed by atoms with van der Waals surface area (Å²) in [4.78, 5) is 11.6. The lowest BCUT2D eigenvalue weighted by molar-refractivity contribution is -0.870. The maximum absolute atomic E-state index is 11.6. The molecule has 0 aliphatic heterocycles. The number of ether oxygens (including phenoxy) is 1. The van der Waals surface area contributed by atoms with Crippen molar-refractivity contribution < 1.29 is 27.3 Å². The van der Waals surface area contributed by atoms with Crippen LogP contribution in [0.5, 0.6) is 0 Å². The predicted octanol–water partition coefficient (Wildman–Crippen LogP) is 1.63. The molecule has 0 amide bonds. The Morgan fingerprint density at radius 1 is 1.05 bits per heavy atom. The molecule has 132 valence electrons. The molecule has 8 heteroatoms. The highest BCUT2D eigenvalue weighted by Gasteiger charge is 2.36. The van der Waals surface area contributed by atoms with Crippen molar-refractivity contribution in [3.05, 3.63) is 0 Å². The van der Waals surface area contributed by atoms with Gasteiger partial charge in [0.2, 0.25) is 0 Å². The van der Waals surface area contributed by atoms with Crippen LogP contribution in [0.4, 0.5) is 0 Å². The van der Waals surface area contributed by atoms with Crippen molar-refractivity contribution in [1.82, 2.24) is 0 Å². The van der Waals surface area contributed by atoms with Crippen molar-refractivity contribution in [3.8, 4) is 0 Å². The normalized spacial score (nSPS) is 12.5. The molecule has 0 heterocycles. The third-order valence-corrected chi connectivity index (χ3v) is 7.08. The molecule has 0 saturated carbocycles. The quantitative estimate of drug-likeness (QED) is 0.217. The summed E-state index contributed by atoms with van der Waals surface area (Å²) in [7, 11) is 8.66. The highest BCUT2D eigenvalue weighted by atomic mass is 32.2. The van der Waals surface area contributed by atoms with E-state index in [-0.39, 0.29) is 5.97 Å². The zero-order valence-corrected chi connectivity index (χ0v) is 16.7. The Morgan fingerprint density at radius 2 is 1.64 bits per heavy atom. The Balaban J connectivity index is 3.63. The molecule has 22 heavy (non-hydrogen) atoms. The summed E-state index contributed by atoms with van der Waals surface area (Å²) in [6.07, 6.45) is 1.41. The van der Waals surface area contributed by atoms with Crippen molar-refractivity contribution in [2.24, 2.45) is 0 Å². The number of hydrogen-bond donors (Lipinski definition) is 0. The topological polar surface area (TPSA) is 54.0 Å². The van der Waals surface area contributed by atoms with Gasteiger partial charge in [0, 0.05) is 33.1 Å². The summed E-state index contributed by atoms with van der Waals surface area (Å²) in [5.74, 6) is 1.62. The maximum Gasteiger partial charge on any atom is 0.500 e. The standard InChI is InChI=1S/C14H32NO5SSi/c1-15(2,3)9-10-20-14(16)8-12-21-11-7-13-22(17-4,18-5)19-6/h7-13H2,1-6H3/q+1. The van der Waals surface area contributed by atoms with E-state index in [9.17, 15) is 4.79 Å². The van der Waals surface area contributed by atoms with E-state index in [2.05, 4.69) is 21.1 Å². The molecule has 0 aliphatic carbocycles. The first kappa shape index (κ1) is 21.9. The number of rotatable bonds is 13. The first-order valence-corrected chi connectivity index (χ1v) is 10.6. The van der Waals surface area contributed by atoms with Gasteiger partial charge in [0.05, 0.1) is 27.6 Å². The van der Waals surface area contributed by atoms with Crippen LogP contribution in [0, 0.1) is 0 Å². The number of hydrogen-bond acceptors (Lipinski definition) is 6. The molecule has 0 atom stereocenters. The molecule has 0 aromatic carbocycles. The fourth-order valence-corrected chi connectivity index (χ4v) is 4.55. The Bertz CT molecular complexity index is 300. The largest absolute Gasteiger partial charge is 0.500 e. The van der Waals surface area contributed by atoms with Gasteiger partial charge >= 0.3 is 14.8 Å². The number of thioether (sulfide) groups is 1. The van der Waals surface area contributed by atoms with Crippen LogP contribution in [0.1, 0.15) is 12.8 Å². The minimum absolute atomic E-state index is 0.115. The summed E-state index contributed by atoms with van der Waals surface area (Å²) >= 11 is 1.74. The summed E-state index contributed by atoms with van der Waals surface area (Å²) < 4.78 is 22.1. The molecule has 0 saturated heterocycles. The molecule has 0 aromatic rings. The second-order valence-electron chi connectivity index (χ2n) is 6.00. The van der Waals surface area contributed by atoms with Crippen LogP contribution in [0.25, 0.3) is 0 Å². The Hall–Kier alpha value is -0.123. The van der Waals surface area contributed by atoms with Gasteiger partial charge in [-0.25, -0.2) is 0 Å². The van der Waals surface area contributed by atoms with Crippen LogP contribution >= 0.6 is 11.8 Å². The lowest BCUT2D eigenvalue weighted by Crippen LogP contribution is -2.42. The van der Waals surface area contributed by atoms with E-state index in [0.29, 0.717) is 13.0 Å². The van der Waals surface area contributed by atoms with Gasteiger partial charge in [0.1, 0.15) is 13.2 Å². The summed E-state index contributed by atoms with van der Waals surface area (Å²) in [6, 6.07) is 0.789. The summed E-state index contributed by atoms with van der Waals surface area (Å²) in [6.45, 7) is 1.31. The second kappa shape index (κ2) is 11.4. The minimum atomic E-state index is -2.44. The average molecular weight is 355 g/mol. The molecule has 0 aromatic heterocycles. The third kappa shape index (κ3) is 10.6. The molecule has 0 aliphatic rings. The number of esters is 1. The number of likely N-dealkylation sites (N-methyl/N-ethyl adjacent to an activating group) is 1. The van der Waals surface area contributed by atoms with Gasteiger partial charge < -0.3 is 22.5 Å². The SMILES string of the molecule is CO[Si](CCCSCCC(=O)OCC[N+](C)(C)C)(OC)OC. The molecule has 0 N–H and O–H groups in total. The van der Waals surface area contributed by atoms with Gasteiger partial charge in [-0.3, -0.25) is 4.79 Å². The van der Waals surface area contributed by atoms with Crippen LogP contribution < -0.4 is 0 Å². The molecule has 0 spiro atoms. The summed E-state index contributed by atoms with van der Waals surface area (Å²) in [5, 5.41) is 0. The van der Waals surface area contributed by atoms with Crippen molar-refractivity contribution in [2.75, 3.05) is 67.1 Å². The van der Waals surface area contributed by atoms with Gasteiger partial charge in [-0.05, 0) is 12.2 Å².